The second-order valence-corrected chi connectivity index (χ2v) is 5.95. The summed E-state index contributed by atoms with van der Waals surface area (Å²) in [5.74, 6) is -0.400. The van der Waals surface area contributed by atoms with E-state index in [9.17, 15) is 9.59 Å². The maximum atomic E-state index is 11.7. The summed E-state index contributed by atoms with van der Waals surface area (Å²) < 4.78 is 9.90. The van der Waals surface area contributed by atoms with Crippen molar-refractivity contribution in [3.05, 3.63) is 0 Å². The number of methoxy groups -OCH3 is 1. The van der Waals surface area contributed by atoms with Gasteiger partial charge in [-0.1, -0.05) is 0 Å². The molecule has 1 amide bonds. The minimum absolute atomic E-state index is 0.157. The van der Waals surface area contributed by atoms with Crippen LogP contribution >= 0.6 is 0 Å². The molecule has 1 fully saturated rings. The second-order valence-electron chi connectivity index (χ2n) is 5.95. The highest BCUT2D eigenvalue weighted by Crippen LogP contribution is 2.25. The average molecular weight is 272 g/mol. The molecular weight excluding hydrogens is 248 g/mol. The molecule has 1 aliphatic rings. The van der Waals surface area contributed by atoms with Crippen molar-refractivity contribution in [3.8, 4) is 0 Å². The Hall–Kier alpha value is -1.30. The third-order valence-electron chi connectivity index (χ3n) is 3.14. The van der Waals surface area contributed by atoms with Crippen LogP contribution in [-0.4, -0.2) is 36.9 Å². The Morgan fingerprint density at radius 2 is 1.89 bits per heavy atom. The summed E-state index contributed by atoms with van der Waals surface area (Å²) in [7, 11) is 1.37. The van der Waals surface area contributed by atoms with Gasteiger partial charge in [0.1, 0.15) is 5.60 Å². The number of rotatable bonds is 2. The van der Waals surface area contributed by atoms with E-state index in [1.54, 1.807) is 20.8 Å². The van der Waals surface area contributed by atoms with Crippen LogP contribution in [0.2, 0.25) is 0 Å². The molecule has 0 radical (unpaired) electrons. The van der Waals surface area contributed by atoms with Gasteiger partial charge in [0.15, 0.2) is 0 Å². The molecule has 6 heteroatoms. The van der Waals surface area contributed by atoms with Gasteiger partial charge in [0.25, 0.3) is 0 Å². The molecule has 0 aromatic rings. The van der Waals surface area contributed by atoms with E-state index in [1.807, 2.05) is 0 Å². The van der Waals surface area contributed by atoms with E-state index >= 15 is 0 Å². The third kappa shape index (κ3) is 5.06. The van der Waals surface area contributed by atoms with Crippen molar-refractivity contribution in [1.82, 2.24) is 5.32 Å². The highest BCUT2D eigenvalue weighted by molar-refractivity contribution is 5.72. The Bertz CT molecular complexity index is 338. The number of esters is 1. The third-order valence-corrected chi connectivity index (χ3v) is 3.14. The smallest absolute Gasteiger partial charge is 0.407 e. The van der Waals surface area contributed by atoms with Crippen molar-refractivity contribution in [2.75, 3.05) is 7.11 Å². The van der Waals surface area contributed by atoms with Crippen LogP contribution in [0.3, 0.4) is 0 Å². The normalized spacial score (nSPS) is 27.5. The van der Waals surface area contributed by atoms with Gasteiger partial charge < -0.3 is 20.5 Å². The van der Waals surface area contributed by atoms with Crippen LogP contribution in [0.5, 0.6) is 0 Å². The molecule has 3 N–H and O–H groups in total. The summed E-state index contributed by atoms with van der Waals surface area (Å²) in [5.41, 5.74) is 5.47. The predicted octanol–water partition coefficient (Wildman–Crippen LogP) is 1.18. The Morgan fingerprint density at radius 3 is 2.37 bits per heavy atom. The minimum atomic E-state index is -0.530. The summed E-state index contributed by atoms with van der Waals surface area (Å²) in [5, 5.41) is 2.76. The highest BCUT2D eigenvalue weighted by atomic mass is 16.6. The van der Waals surface area contributed by atoms with Crippen LogP contribution in [0.25, 0.3) is 0 Å². The van der Waals surface area contributed by atoms with Gasteiger partial charge in [-0.15, -0.1) is 0 Å². The van der Waals surface area contributed by atoms with Crippen LogP contribution in [0.15, 0.2) is 0 Å². The number of hydrogen-bond acceptors (Lipinski definition) is 5. The van der Waals surface area contributed by atoms with Crippen molar-refractivity contribution in [2.45, 2.75) is 57.7 Å². The predicted molar refractivity (Wildman–Crippen MR) is 70.5 cm³/mol. The van der Waals surface area contributed by atoms with Crippen molar-refractivity contribution >= 4 is 12.1 Å². The van der Waals surface area contributed by atoms with Crippen molar-refractivity contribution in [3.63, 3.8) is 0 Å². The molecule has 0 heterocycles. The molecule has 6 nitrogen and oxygen atoms in total. The van der Waals surface area contributed by atoms with E-state index in [4.69, 9.17) is 15.2 Å². The second kappa shape index (κ2) is 6.23. The van der Waals surface area contributed by atoms with Crippen molar-refractivity contribution < 1.29 is 19.1 Å². The number of nitrogens with one attached hydrogen (secondary N) is 1. The molecule has 110 valence electrons. The Balaban J connectivity index is 2.46. The van der Waals surface area contributed by atoms with Gasteiger partial charge >= 0.3 is 12.1 Å². The number of alkyl carbamates (subject to hydrolysis) is 1. The van der Waals surface area contributed by atoms with Gasteiger partial charge in [0.2, 0.25) is 0 Å². The van der Waals surface area contributed by atoms with E-state index in [-0.39, 0.29) is 24.0 Å². The van der Waals surface area contributed by atoms with Crippen LogP contribution < -0.4 is 11.1 Å². The van der Waals surface area contributed by atoms with Crippen LogP contribution in [-0.2, 0) is 14.3 Å². The maximum absolute atomic E-state index is 11.7. The van der Waals surface area contributed by atoms with E-state index in [2.05, 4.69) is 5.32 Å². The molecule has 1 rings (SSSR count). The standard InChI is InChI=1S/C13H24N2O4/c1-13(2,3)19-12(17)15-10-6-5-8(7-9(10)14)11(16)18-4/h8-10H,5-7,14H2,1-4H3,(H,15,17)/t8-,9?,10?/m0/s1. The molecular formula is C13H24N2O4. The number of carbonyl (C=O) groups is 2. The number of hydrogen-bond donors (Lipinski definition) is 2. The van der Waals surface area contributed by atoms with Crippen molar-refractivity contribution in [2.24, 2.45) is 11.7 Å². The highest BCUT2D eigenvalue weighted by Gasteiger charge is 2.33. The van der Waals surface area contributed by atoms with Crippen LogP contribution in [0.4, 0.5) is 4.79 Å². The summed E-state index contributed by atoms with van der Waals surface area (Å²) in [6, 6.07) is -0.416. The molecule has 0 aromatic carbocycles. The Morgan fingerprint density at radius 1 is 1.26 bits per heavy atom. The lowest BCUT2D eigenvalue weighted by Crippen LogP contribution is -2.52. The summed E-state index contributed by atoms with van der Waals surface area (Å²) >= 11 is 0. The molecule has 2 unspecified atom stereocenters. The quantitative estimate of drug-likeness (QED) is 0.737. The molecule has 0 bridgehead atoms. The summed E-state index contributed by atoms with van der Waals surface area (Å²) in [4.78, 5) is 23.1. The van der Waals surface area contributed by atoms with Crippen molar-refractivity contribution in [1.29, 1.82) is 0 Å². The van der Waals surface area contributed by atoms with Gasteiger partial charge in [-0.25, -0.2) is 4.79 Å². The first-order chi connectivity index (χ1) is 8.73. The first-order valence-corrected chi connectivity index (χ1v) is 6.56. The monoisotopic (exact) mass is 272 g/mol. The molecule has 1 saturated carbocycles. The van der Waals surface area contributed by atoms with Crippen LogP contribution in [0.1, 0.15) is 40.0 Å². The molecule has 0 aliphatic heterocycles. The van der Waals surface area contributed by atoms with E-state index in [0.717, 1.165) is 0 Å². The SMILES string of the molecule is COC(=O)[C@H]1CCC(NC(=O)OC(C)(C)C)C(N)C1. The number of carbonyl (C=O) groups excluding carboxylic acids is 2. The molecule has 0 spiro atoms. The van der Waals surface area contributed by atoms with E-state index in [0.29, 0.717) is 19.3 Å². The van der Waals surface area contributed by atoms with E-state index < -0.39 is 11.7 Å². The van der Waals surface area contributed by atoms with Gasteiger partial charge in [0.05, 0.1) is 13.0 Å². The number of amides is 1. The zero-order chi connectivity index (χ0) is 14.6. The van der Waals surface area contributed by atoms with Gasteiger partial charge in [-0.05, 0) is 40.0 Å². The van der Waals surface area contributed by atoms with Gasteiger partial charge in [-0.2, -0.15) is 0 Å². The molecule has 19 heavy (non-hydrogen) atoms. The molecule has 0 aromatic heterocycles. The first kappa shape index (κ1) is 15.8. The topological polar surface area (TPSA) is 90.6 Å². The fraction of sp³-hybridized carbons (Fsp3) is 0.846. The largest absolute Gasteiger partial charge is 0.469 e. The van der Waals surface area contributed by atoms with Crippen LogP contribution in [0, 0.1) is 5.92 Å². The summed E-state index contributed by atoms with van der Waals surface area (Å²) in [6.45, 7) is 5.42. The zero-order valence-electron chi connectivity index (χ0n) is 12.1. The fourth-order valence-corrected chi connectivity index (χ4v) is 2.22. The average Bonchev–Trinajstić information content (AvgIpc) is 2.28. The summed E-state index contributed by atoms with van der Waals surface area (Å²) in [6.07, 6.45) is 1.37. The molecule has 0 saturated heterocycles. The maximum Gasteiger partial charge on any atom is 0.407 e. The zero-order valence-corrected chi connectivity index (χ0v) is 12.1. The molecule has 1 aliphatic carbocycles. The lowest BCUT2D eigenvalue weighted by atomic mass is 9.83. The number of nitrogens with two attached hydrogens (primary N) is 1. The fourth-order valence-electron chi connectivity index (χ4n) is 2.22. The lowest BCUT2D eigenvalue weighted by molar-refractivity contribution is -0.146. The Labute approximate surface area is 114 Å². The van der Waals surface area contributed by atoms with Gasteiger partial charge in [0, 0.05) is 12.1 Å². The first-order valence-electron chi connectivity index (χ1n) is 6.56. The Kier molecular flexibility index (Phi) is 5.17. The van der Waals surface area contributed by atoms with E-state index in [1.165, 1.54) is 7.11 Å². The minimum Gasteiger partial charge on any atom is -0.469 e. The van der Waals surface area contributed by atoms with Gasteiger partial charge in [-0.3, -0.25) is 4.79 Å². The lowest BCUT2D eigenvalue weighted by Gasteiger charge is -2.33. The number of ether oxygens (including phenoxy) is 2. The molecule has 3 atom stereocenters.